The van der Waals surface area contributed by atoms with Gasteiger partial charge in [0.25, 0.3) is 0 Å². The standard InChI is InChI=1S/C16H13FN2O/c17-14-6-2-1-5-13(14)15-9-8-12(20-15)11-19-16-7-3-4-10-18-16/h1-10H,11H2,(H,18,19). The van der Waals surface area contributed by atoms with Crippen LogP contribution in [-0.4, -0.2) is 4.98 Å². The van der Waals surface area contributed by atoms with Gasteiger partial charge in [0.15, 0.2) is 0 Å². The third-order valence-corrected chi connectivity index (χ3v) is 2.91. The van der Waals surface area contributed by atoms with E-state index in [1.807, 2.05) is 24.3 Å². The van der Waals surface area contributed by atoms with Crippen LogP contribution in [0.15, 0.2) is 65.2 Å². The molecular formula is C16H13FN2O. The summed E-state index contributed by atoms with van der Waals surface area (Å²) in [6, 6.07) is 15.8. The van der Waals surface area contributed by atoms with Crippen LogP contribution < -0.4 is 5.32 Å². The third kappa shape index (κ3) is 2.69. The first-order chi connectivity index (χ1) is 9.83. The second kappa shape index (κ2) is 5.57. The van der Waals surface area contributed by atoms with Crippen molar-refractivity contribution in [3.05, 3.63) is 72.4 Å². The first kappa shape index (κ1) is 12.4. The topological polar surface area (TPSA) is 38.1 Å². The highest BCUT2D eigenvalue weighted by molar-refractivity contribution is 5.58. The van der Waals surface area contributed by atoms with Crippen LogP contribution in [0.25, 0.3) is 11.3 Å². The van der Waals surface area contributed by atoms with Gasteiger partial charge in [-0.05, 0) is 36.4 Å². The Kier molecular flexibility index (Phi) is 3.46. The summed E-state index contributed by atoms with van der Waals surface area (Å²) in [4.78, 5) is 4.16. The van der Waals surface area contributed by atoms with Crippen LogP contribution in [0, 0.1) is 5.82 Å². The smallest absolute Gasteiger partial charge is 0.137 e. The van der Waals surface area contributed by atoms with Crippen molar-refractivity contribution in [2.24, 2.45) is 0 Å². The molecule has 0 aliphatic carbocycles. The van der Waals surface area contributed by atoms with Gasteiger partial charge in [0.1, 0.15) is 23.2 Å². The van der Waals surface area contributed by atoms with Crippen LogP contribution >= 0.6 is 0 Å². The molecule has 2 aromatic heterocycles. The van der Waals surface area contributed by atoms with E-state index in [-0.39, 0.29) is 5.82 Å². The Morgan fingerprint density at radius 3 is 2.65 bits per heavy atom. The van der Waals surface area contributed by atoms with Gasteiger partial charge in [-0.25, -0.2) is 9.37 Å². The minimum atomic E-state index is -0.286. The molecule has 3 nitrogen and oxygen atoms in total. The van der Waals surface area contributed by atoms with Gasteiger partial charge in [0, 0.05) is 6.20 Å². The van der Waals surface area contributed by atoms with E-state index in [0.29, 0.717) is 17.9 Å². The Morgan fingerprint density at radius 2 is 1.85 bits per heavy atom. The first-order valence-electron chi connectivity index (χ1n) is 6.31. The molecule has 1 aromatic carbocycles. The number of benzene rings is 1. The minimum absolute atomic E-state index is 0.286. The van der Waals surface area contributed by atoms with Crippen LogP contribution in [0.3, 0.4) is 0 Å². The minimum Gasteiger partial charge on any atom is -0.459 e. The summed E-state index contributed by atoms with van der Waals surface area (Å²) in [6.07, 6.45) is 1.72. The second-order valence-electron chi connectivity index (χ2n) is 4.31. The Bertz CT molecular complexity index is 694. The molecule has 0 fully saturated rings. The maximum Gasteiger partial charge on any atom is 0.137 e. The lowest BCUT2D eigenvalue weighted by Gasteiger charge is -2.02. The van der Waals surface area contributed by atoms with E-state index < -0.39 is 0 Å². The van der Waals surface area contributed by atoms with Gasteiger partial charge in [0.2, 0.25) is 0 Å². The molecule has 1 N–H and O–H groups in total. The average Bonchev–Trinajstić information content (AvgIpc) is 2.95. The van der Waals surface area contributed by atoms with E-state index >= 15 is 0 Å². The molecule has 0 aliphatic rings. The van der Waals surface area contributed by atoms with Gasteiger partial charge < -0.3 is 9.73 Å². The van der Waals surface area contributed by atoms with Gasteiger partial charge in [-0.3, -0.25) is 0 Å². The fraction of sp³-hybridized carbons (Fsp3) is 0.0625. The molecule has 0 amide bonds. The SMILES string of the molecule is Fc1ccccc1-c1ccc(CNc2ccccn2)o1. The number of anilines is 1. The van der Waals surface area contributed by atoms with E-state index in [4.69, 9.17) is 4.42 Å². The van der Waals surface area contributed by atoms with Crippen LogP contribution in [0.5, 0.6) is 0 Å². The van der Waals surface area contributed by atoms with Crippen molar-refractivity contribution in [2.75, 3.05) is 5.32 Å². The van der Waals surface area contributed by atoms with Gasteiger partial charge in [0.05, 0.1) is 12.1 Å². The van der Waals surface area contributed by atoms with Crippen LogP contribution in [0.1, 0.15) is 5.76 Å². The molecule has 0 radical (unpaired) electrons. The fourth-order valence-electron chi connectivity index (χ4n) is 1.92. The number of hydrogen-bond donors (Lipinski definition) is 1. The molecule has 2 heterocycles. The highest BCUT2D eigenvalue weighted by atomic mass is 19.1. The molecule has 0 saturated heterocycles. The normalized spacial score (nSPS) is 10.4. The summed E-state index contributed by atoms with van der Waals surface area (Å²) >= 11 is 0. The predicted octanol–water partition coefficient (Wildman–Crippen LogP) is 4.09. The monoisotopic (exact) mass is 268 g/mol. The van der Waals surface area contributed by atoms with Crippen molar-refractivity contribution in [3.8, 4) is 11.3 Å². The first-order valence-corrected chi connectivity index (χ1v) is 6.31. The number of hydrogen-bond acceptors (Lipinski definition) is 3. The van der Waals surface area contributed by atoms with Crippen LogP contribution in [-0.2, 0) is 6.54 Å². The number of nitrogens with one attached hydrogen (secondary N) is 1. The Balaban J connectivity index is 1.73. The van der Waals surface area contributed by atoms with Gasteiger partial charge in [-0.1, -0.05) is 18.2 Å². The van der Waals surface area contributed by atoms with Crippen molar-refractivity contribution >= 4 is 5.82 Å². The van der Waals surface area contributed by atoms with Gasteiger partial charge in [-0.15, -0.1) is 0 Å². The maximum atomic E-state index is 13.6. The quantitative estimate of drug-likeness (QED) is 0.774. The van der Waals surface area contributed by atoms with Crippen molar-refractivity contribution in [1.29, 1.82) is 0 Å². The third-order valence-electron chi connectivity index (χ3n) is 2.91. The molecule has 0 spiro atoms. The molecule has 3 aromatic rings. The molecule has 0 unspecified atom stereocenters. The molecular weight excluding hydrogens is 255 g/mol. The number of aromatic nitrogens is 1. The molecule has 3 rings (SSSR count). The van der Waals surface area contributed by atoms with Gasteiger partial charge >= 0.3 is 0 Å². The van der Waals surface area contributed by atoms with Crippen LogP contribution in [0.2, 0.25) is 0 Å². The highest BCUT2D eigenvalue weighted by Gasteiger charge is 2.08. The predicted molar refractivity (Wildman–Crippen MR) is 75.7 cm³/mol. The van der Waals surface area contributed by atoms with Crippen LogP contribution in [0.4, 0.5) is 10.2 Å². The van der Waals surface area contributed by atoms with Gasteiger partial charge in [-0.2, -0.15) is 0 Å². The molecule has 0 bridgehead atoms. The number of furan rings is 1. The zero-order valence-corrected chi connectivity index (χ0v) is 10.7. The average molecular weight is 268 g/mol. The highest BCUT2D eigenvalue weighted by Crippen LogP contribution is 2.24. The van der Waals surface area contributed by atoms with Crippen molar-refractivity contribution in [3.63, 3.8) is 0 Å². The number of nitrogens with zero attached hydrogens (tertiary/aromatic N) is 1. The molecule has 4 heteroatoms. The zero-order chi connectivity index (χ0) is 13.8. The summed E-state index contributed by atoms with van der Waals surface area (Å²) < 4.78 is 19.3. The Morgan fingerprint density at radius 1 is 1.00 bits per heavy atom. The maximum absolute atomic E-state index is 13.6. The lowest BCUT2D eigenvalue weighted by Crippen LogP contribution is -1.99. The Hall–Kier alpha value is -2.62. The summed E-state index contributed by atoms with van der Waals surface area (Å²) in [5, 5.41) is 3.14. The van der Waals surface area contributed by atoms with E-state index in [1.54, 1.807) is 30.5 Å². The van der Waals surface area contributed by atoms with Crippen molar-refractivity contribution in [1.82, 2.24) is 4.98 Å². The molecule has 0 aliphatic heterocycles. The second-order valence-corrected chi connectivity index (χ2v) is 4.31. The molecule has 0 atom stereocenters. The summed E-state index contributed by atoms with van der Waals surface area (Å²) in [5.41, 5.74) is 0.469. The number of halogens is 1. The largest absolute Gasteiger partial charge is 0.459 e. The summed E-state index contributed by atoms with van der Waals surface area (Å²) in [5.74, 6) is 1.75. The fourth-order valence-corrected chi connectivity index (χ4v) is 1.92. The number of pyridine rings is 1. The molecule has 20 heavy (non-hydrogen) atoms. The van der Waals surface area contributed by atoms with Crippen molar-refractivity contribution in [2.45, 2.75) is 6.54 Å². The van der Waals surface area contributed by atoms with E-state index in [2.05, 4.69) is 10.3 Å². The Labute approximate surface area is 116 Å². The van der Waals surface area contributed by atoms with Crippen molar-refractivity contribution < 1.29 is 8.81 Å². The molecule has 0 saturated carbocycles. The molecule has 100 valence electrons. The lowest BCUT2D eigenvalue weighted by atomic mass is 10.1. The van der Waals surface area contributed by atoms with E-state index in [0.717, 1.165) is 11.6 Å². The zero-order valence-electron chi connectivity index (χ0n) is 10.7. The summed E-state index contributed by atoms with van der Waals surface area (Å²) in [7, 11) is 0. The van der Waals surface area contributed by atoms with E-state index in [1.165, 1.54) is 6.07 Å². The number of rotatable bonds is 4. The van der Waals surface area contributed by atoms with E-state index in [9.17, 15) is 4.39 Å². The summed E-state index contributed by atoms with van der Waals surface area (Å²) in [6.45, 7) is 0.505. The lowest BCUT2D eigenvalue weighted by molar-refractivity contribution is 0.525.